The van der Waals surface area contributed by atoms with Crippen LogP contribution in [0.25, 0.3) is 0 Å². The molecular formula is C11H15NO. The third-order valence-electron chi connectivity index (χ3n) is 5.72. The molecular weight excluding hydrogens is 162 g/mol. The lowest BCUT2D eigenvalue weighted by molar-refractivity contribution is -0.337. The van der Waals surface area contributed by atoms with E-state index in [4.69, 9.17) is 5.73 Å². The summed E-state index contributed by atoms with van der Waals surface area (Å²) in [5.41, 5.74) is 6.71. The molecule has 0 aromatic carbocycles. The summed E-state index contributed by atoms with van der Waals surface area (Å²) in [4.78, 5) is 11.2. The van der Waals surface area contributed by atoms with Gasteiger partial charge in [0, 0.05) is 0 Å². The van der Waals surface area contributed by atoms with Gasteiger partial charge in [0.1, 0.15) is 0 Å². The van der Waals surface area contributed by atoms with Crippen molar-refractivity contribution in [1.82, 2.24) is 0 Å². The van der Waals surface area contributed by atoms with Crippen LogP contribution >= 0.6 is 0 Å². The van der Waals surface area contributed by atoms with Crippen LogP contribution < -0.4 is 5.73 Å². The molecule has 2 nitrogen and oxygen atoms in total. The number of nitrogens with two attached hydrogens (primary N) is 1. The fraction of sp³-hybridized carbons (Fsp3) is 0.909. The van der Waals surface area contributed by atoms with Gasteiger partial charge >= 0.3 is 0 Å². The molecule has 0 aliphatic heterocycles. The van der Waals surface area contributed by atoms with Crippen molar-refractivity contribution < 1.29 is 4.79 Å². The fourth-order valence-corrected chi connectivity index (χ4v) is 4.74. The van der Waals surface area contributed by atoms with Gasteiger partial charge in [0.05, 0.1) is 5.41 Å². The molecule has 0 saturated heterocycles. The largest absolute Gasteiger partial charge is 0.369 e. The predicted molar refractivity (Wildman–Crippen MR) is 47.7 cm³/mol. The van der Waals surface area contributed by atoms with Gasteiger partial charge in [0.15, 0.2) is 0 Å². The van der Waals surface area contributed by atoms with E-state index in [1.54, 1.807) is 0 Å². The highest BCUT2D eigenvalue weighted by Gasteiger charge is 2.81. The Morgan fingerprint density at radius 3 is 1.92 bits per heavy atom. The molecule has 6 rings (SSSR count). The minimum atomic E-state index is -0.0269. The van der Waals surface area contributed by atoms with Gasteiger partial charge in [0.25, 0.3) is 0 Å². The number of carbonyl (C=O) groups is 1. The summed E-state index contributed by atoms with van der Waals surface area (Å²) in [7, 11) is 0. The van der Waals surface area contributed by atoms with Crippen molar-refractivity contribution in [2.45, 2.75) is 38.5 Å². The van der Waals surface area contributed by atoms with Gasteiger partial charge in [0.2, 0.25) is 5.91 Å². The van der Waals surface area contributed by atoms with Gasteiger partial charge in [-0.25, -0.2) is 0 Å². The van der Waals surface area contributed by atoms with Crippen LogP contribution in [-0.4, -0.2) is 5.91 Å². The lowest BCUT2D eigenvalue weighted by Crippen LogP contribution is -2.78. The average molecular weight is 177 g/mol. The Bertz CT molecular complexity index is 296. The molecule has 4 bridgehead atoms. The van der Waals surface area contributed by atoms with Gasteiger partial charge in [-0.3, -0.25) is 4.79 Å². The molecule has 6 aliphatic carbocycles. The minimum Gasteiger partial charge on any atom is -0.369 e. The average Bonchev–Trinajstić information content (AvgIpc) is 1.62. The lowest BCUT2D eigenvalue weighted by Gasteiger charge is -2.83. The molecule has 0 spiro atoms. The number of primary amides is 1. The van der Waals surface area contributed by atoms with Crippen molar-refractivity contribution in [3.63, 3.8) is 0 Å². The van der Waals surface area contributed by atoms with Gasteiger partial charge in [-0.15, -0.1) is 0 Å². The highest BCUT2D eigenvalue weighted by molar-refractivity contribution is 5.85. The van der Waals surface area contributed by atoms with Crippen LogP contribution in [0.5, 0.6) is 0 Å². The van der Waals surface area contributed by atoms with Crippen LogP contribution in [0.2, 0.25) is 0 Å². The van der Waals surface area contributed by atoms with E-state index in [-0.39, 0.29) is 11.3 Å². The number of carbonyl (C=O) groups excluding carboxylic acids is 1. The van der Waals surface area contributed by atoms with Crippen LogP contribution in [0.15, 0.2) is 0 Å². The first kappa shape index (κ1) is 6.86. The Morgan fingerprint density at radius 2 is 1.62 bits per heavy atom. The minimum absolute atomic E-state index is 0.0184. The molecule has 6 aliphatic rings. The number of rotatable bonds is 2. The maximum atomic E-state index is 11.2. The zero-order valence-electron chi connectivity index (χ0n) is 7.81. The molecule has 13 heavy (non-hydrogen) atoms. The van der Waals surface area contributed by atoms with Crippen molar-refractivity contribution in [3.8, 4) is 0 Å². The topological polar surface area (TPSA) is 43.1 Å². The Kier molecular flexibility index (Phi) is 0.763. The first-order valence-electron chi connectivity index (χ1n) is 5.40. The Balaban J connectivity index is 1.59. The third-order valence-corrected chi connectivity index (χ3v) is 5.72. The second-order valence-corrected chi connectivity index (χ2v) is 6.21. The number of hydrogen-bond donors (Lipinski definition) is 1. The molecule has 0 heterocycles. The fourth-order valence-electron chi connectivity index (χ4n) is 4.74. The highest BCUT2D eigenvalue weighted by Crippen LogP contribution is 2.88. The molecule has 0 aromatic heterocycles. The summed E-state index contributed by atoms with van der Waals surface area (Å²) in [5.74, 6) is 1.04. The van der Waals surface area contributed by atoms with Crippen molar-refractivity contribution in [2.24, 2.45) is 27.9 Å². The molecule has 0 atom stereocenters. The summed E-state index contributed by atoms with van der Waals surface area (Å²) in [6.45, 7) is 0. The van der Waals surface area contributed by atoms with Crippen molar-refractivity contribution in [3.05, 3.63) is 0 Å². The zero-order chi connectivity index (χ0) is 8.90. The van der Waals surface area contributed by atoms with E-state index in [9.17, 15) is 4.79 Å². The van der Waals surface area contributed by atoms with E-state index >= 15 is 0 Å². The monoisotopic (exact) mass is 177 g/mol. The quantitative estimate of drug-likeness (QED) is 0.681. The highest BCUT2D eigenvalue weighted by atomic mass is 16.1. The normalized spacial score (nSPS) is 65.4. The van der Waals surface area contributed by atoms with E-state index in [0.29, 0.717) is 5.41 Å². The maximum Gasteiger partial charge on any atom is 0.223 e. The maximum absolute atomic E-state index is 11.2. The molecule has 0 aromatic rings. The van der Waals surface area contributed by atoms with Gasteiger partial charge in [-0.2, -0.15) is 0 Å². The Labute approximate surface area is 77.9 Å². The summed E-state index contributed by atoms with van der Waals surface area (Å²) in [6, 6.07) is 0. The van der Waals surface area contributed by atoms with Crippen molar-refractivity contribution in [1.29, 1.82) is 0 Å². The first-order valence-corrected chi connectivity index (χ1v) is 5.40. The van der Waals surface area contributed by atoms with Crippen LogP contribution in [0.3, 0.4) is 0 Å². The van der Waals surface area contributed by atoms with Crippen molar-refractivity contribution in [2.75, 3.05) is 0 Å². The number of hydrogen-bond acceptors (Lipinski definition) is 1. The molecule has 0 radical (unpaired) electrons. The van der Waals surface area contributed by atoms with E-state index in [0.717, 1.165) is 30.6 Å². The summed E-state index contributed by atoms with van der Waals surface area (Å²) in [5, 5.41) is 0. The SMILES string of the molecule is NC(=O)C12CC(C34CC(C3)C4)(C1)C2. The molecule has 2 N–H and O–H groups in total. The molecule has 70 valence electrons. The summed E-state index contributed by atoms with van der Waals surface area (Å²) in [6.07, 6.45) is 7.84. The zero-order valence-corrected chi connectivity index (χ0v) is 7.81. The molecule has 0 unspecified atom stereocenters. The lowest BCUT2D eigenvalue weighted by atomic mass is 9.20. The second kappa shape index (κ2) is 1.45. The number of amides is 1. The Hall–Kier alpha value is -0.530. The summed E-state index contributed by atoms with van der Waals surface area (Å²) >= 11 is 0. The third kappa shape index (κ3) is 0.456. The van der Waals surface area contributed by atoms with Crippen LogP contribution in [0.1, 0.15) is 38.5 Å². The summed E-state index contributed by atoms with van der Waals surface area (Å²) < 4.78 is 0. The van der Waals surface area contributed by atoms with Gasteiger partial charge in [-0.1, -0.05) is 0 Å². The van der Waals surface area contributed by atoms with Crippen LogP contribution in [0.4, 0.5) is 0 Å². The van der Waals surface area contributed by atoms with Crippen LogP contribution in [0, 0.1) is 22.2 Å². The smallest absolute Gasteiger partial charge is 0.223 e. The molecule has 6 saturated carbocycles. The first-order chi connectivity index (χ1) is 6.10. The van der Waals surface area contributed by atoms with E-state index < -0.39 is 0 Å². The second-order valence-electron chi connectivity index (χ2n) is 6.21. The molecule has 6 fully saturated rings. The van der Waals surface area contributed by atoms with Crippen molar-refractivity contribution >= 4 is 5.91 Å². The van der Waals surface area contributed by atoms with Gasteiger partial charge in [-0.05, 0) is 55.3 Å². The van der Waals surface area contributed by atoms with E-state index in [2.05, 4.69) is 0 Å². The molecule has 1 amide bonds. The Morgan fingerprint density at radius 1 is 1.08 bits per heavy atom. The molecule has 2 heteroatoms. The van der Waals surface area contributed by atoms with Crippen LogP contribution in [-0.2, 0) is 4.79 Å². The van der Waals surface area contributed by atoms with E-state index in [1.807, 2.05) is 0 Å². The van der Waals surface area contributed by atoms with E-state index in [1.165, 1.54) is 19.3 Å². The predicted octanol–water partition coefficient (Wildman–Crippen LogP) is 1.44. The standard InChI is InChI=1S/C11H15NO/c12-8(13)9-4-11(5-9,6-9)10-1-7(2-10)3-10/h7H,1-6H2,(H2,12,13). The van der Waals surface area contributed by atoms with Gasteiger partial charge < -0.3 is 5.73 Å².